The van der Waals surface area contributed by atoms with E-state index < -0.39 is 34.5 Å². The normalized spacial score (nSPS) is 12.5. The van der Waals surface area contributed by atoms with Crippen LogP contribution in [0.25, 0.3) is 0 Å². The Morgan fingerprint density at radius 1 is 1.17 bits per heavy atom. The molecule has 9 nitrogen and oxygen atoms in total. The van der Waals surface area contributed by atoms with Crippen LogP contribution in [0.1, 0.15) is 29.4 Å². The first-order valence-electron chi connectivity index (χ1n) is 9.00. The van der Waals surface area contributed by atoms with E-state index in [0.717, 1.165) is 16.8 Å². The van der Waals surface area contributed by atoms with E-state index in [2.05, 4.69) is 15.1 Å². The maximum Gasteiger partial charge on any atom is 0.321 e. The fourth-order valence-electron chi connectivity index (χ4n) is 2.59. The van der Waals surface area contributed by atoms with Gasteiger partial charge in [0.2, 0.25) is 10.0 Å². The number of sulfonamides is 1. The van der Waals surface area contributed by atoms with Crippen molar-refractivity contribution in [2.75, 3.05) is 11.9 Å². The number of rotatable bonds is 7. The van der Waals surface area contributed by atoms with Gasteiger partial charge in [0.15, 0.2) is 6.10 Å². The molecule has 10 heteroatoms. The molecule has 0 saturated carbocycles. The smallest absolute Gasteiger partial charge is 0.321 e. The molecule has 0 aliphatic carbocycles. The predicted octanol–water partition coefficient (Wildman–Crippen LogP) is 1.50. The Balaban J connectivity index is 1.94. The van der Waals surface area contributed by atoms with Crippen molar-refractivity contribution in [1.29, 1.82) is 0 Å². The van der Waals surface area contributed by atoms with E-state index in [0.29, 0.717) is 11.4 Å². The van der Waals surface area contributed by atoms with Crippen LogP contribution in [0.2, 0.25) is 0 Å². The van der Waals surface area contributed by atoms with Crippen molar-refractivity contribution in [2.24, 2.45) is 7.05 Å². The summed E-state index contributed by atoms with van der Waals surface area (Å²) in [7, 11) is -2.12. The van der Waals surface area contributed by atoms with Gasteiger partial charge in [0.05, 0.1) is 22.0 Å². The average Bonchev–Trinajstić information content (AvgIpc) is 2.88. The number of hydrogen-bond acceptors (Lipinski definition) is 6. The summed E-state index contributed by atoms with van der Waals surface area (Å²) in [6.45, 7) is 8.05. The van der Waals surface area contributed by atoms with Crippen LogP contribution in [0, 0.1) is 27.7 Å². The van der Waals surface area contributed by atoms with Crippen LogP contribution in [0.3, 0.4) is 0 Å². The second-order valence-corrected chi connectivity index (χ2v) is 8.63. The van der Waals surface area contributed by atoms with Gasteiger partial charge in [-0.3, -0.25) is 14.3 Å². The van der Waals surface area contributed by atoms with Gasteiger partial charge >= 0.3 is 5.97 Å². The minimum Gasteiger partial charge on any atom is -0.452 e. The van der Waals surface area contributed by atoms with E-state index in [1.54, 1.807) is 38.6 Å². The van der Waals surface area contributed by atoms with Crippen molar-refractivity contribution >= 4 is 27.6 Å². The molecule has 0 spiro atoms. The number of anilines is 1. The van der Waals surface area contributed by atoms with Gasteiger partial charge in [-0.25, -0.2) is 8.42 Å². The third-order valence-electron chi connectivity index (χ3n) is 4.63. The minimum atomic E-state index is -3.87. The Morgan fingerprint density at radius 3 is 2.38 bits per heavy atom. The second-order valence-electron chi connectivity index (χ2n) is 6.86. The van der Waals surface area contributed by atoms with Crippen LogP contribution in [0.4, 0.5) is 5.69 Å². The largest absolute Gasteiger partial charge is 0.452 e. The van der Waals surface area contributed by atoms with Crippen LogP contribution >= 0.6 is 0 Å². The quantitative estimate of drug-likeness (QED) is 0.653. The first-order valence-corrected chi connectivity index (χ1v) is 10.5. The molecule has 1 aromatic carbocycles. The van der Waals surface area contributed by atoms with Crippen LogP contribution in [-0.2, 0) is 31.4 Å². The molecule has 1 heterocycles. The molecule has 0 radical (unpaired) electrons. The van der Waals surface area contributed by atoms with Gasteiger partial charge in [-0.1, -0.05) is 6.07 Å². The zero-order valence-corrected chi connectivity index (χ0v) is 18.2. The Hall–Kier alpha value is -2.72. The van der Waals surface area contributed by atoms with Crippen molar-refractivity contribution in [1.82, 2.24) is 14.5 Å². The van der Waals surface area contributed by atoms with E-state index in [4.69, 9.17) is 4.74 Å². The van der Waals surface area contributed by atoms with E-state index >= 15 is 0 Å². The second kappa shape index (κ2) is 8.75. The number of benzene rings is 1. The molecule has 0 fully saturated rings. The highest BCUT2D eigenvalue weighted by molar-refractivity contribution is 7.89. The number of esters is 1. The van der Waals surface area contributed by atoms with Crippen LogP contribution in [-0.4, -0.2) is 42.7 Å². The van der Waals surface area contributed by atoms with Gasteiger partial charge in [0, 0.05) is 7.05 Å². The fourth-order valence-corrected chi connectivity index (χ4v) is 3.64. The summed E-state index contributed by atoms with van der Waals surface area (Å²) in [6, 6.07) is 4.68. The van der Waals surface area contributed by atoms with Crippen molar-refractivity contribution in [3.8, 4) is 0 Å². The van der Waals surface area contributed by atoms with Crippen molar-refractivity contribution in [3.05, 3.63) is 40.7 Å². The van der Waals surface area contributed by atoms with Gasteiger partial charge in [0.25, 0.3) is 5.91 Å². The Labute approximate surface area is 170 Å². The van der Waals surface area contributed by atoms with Crippen LogP contribution < -0.4 is 10.0 Å². The number of aromatic nitrogens is 2. The van der Waals surface area contributed by atoms with Gasteiger partial charge < -0.3 is 10.1 Å². The Morgan fingerprint density at radius 2 is 1.83 bits per heavy atom. The van der Waals surface area contributed by atoms with Gasteiger partial charge in [-0.2, -0.15) is 9.82 Å². The summed E-state index contributed by atoms with van der Waals surface area (Å²) in [4.78, 5) is 24.3. The summed E-state index contributed by atoms with van der Waals surface area (Å²) >= 11 is 0. The first kappa shape index (κ1) is 22.6. The summed E-state index contributed by atoms with van der Waals surface area (Å²) in [5, 5.41) is 6.87. The highest BCUT2D eigenvalue weighted by atomic mass is 32.2. The van der Waals surface area contributed by atoms with E-state index in [9.17, 15) is 18.0 Å². The number of carbonyl (C=O) groups excluding carboxylic acids is 2. The van der Waals surface area contributed by atoms with Gasteiger partial charge in [-0.05, 0) is 57.9 Å². The van der Waals surface area contributed by atoms with Crippen molar-refractivity contribution in [2.45, 2.75) is 45.6 Å². The molecular formula is C19H26N4O5S. The molecule has 0 bridgehead atoms. The van der Waals surface area contributed by atoms with E-state index in [-0.39, 0.29) is 4.90 Å². The molecule has 0 unspecified atom stereocenters. The Kier molecular flexibility index (Phi) is 6.81. The SMILES string of the molecule is Cc1ccc(S(=O)(=O)NCC(=O)O[C@H](C)C(=O)Nc2c(C)nn(C)c2C)cc1C. The lowest BCUT2D eigenvalue weighted by molar-refractivity contribution is -0.151. The molecule has 1 atom stereocenters. The Bertz CT molecular complexity index is 1040. The molecule has 2 rings (SSSR count). The lowest BCUT2D eigenvalue weighted by Gasteiger charge is -2.14. The third-order valence-corrected chi connectivity index (χ3v) is 6.03. The molecule has 0 saturated heterocycles. The van der Waals surface area contributed by atoms with Gasteiger partial charge in [-0.15, -0.1) is 0 Å². The molecule has 1 amide bonds. The molecular weight excluding hydrogens is 396 g/mol. The monoisotopic (exact) mass is 422 g/mol. The first-order chi connectivity index (χ1) is 13.4. The number of nitrogens with one attached hydrogen (secondary N) is 2. The summed E-state index contributed by atoms with van der Waals surface area (Å²) in [5.41, 5.74) is 3.73. The highest BCUT2D eigenvalue weighted by Crippen LogP contribution is 2.19. The standard InChI is InChI=1S/C19H26N4O5S/c1-11-7-8-16(9-12(11)2)29(26,27)20-10-17(24)28-15(5)19(25)21-18-13(3)22-23(6)14(18)4/h7-9,15,20H,10H2,1-6H3,(H,21,25)/t15-/m1/s1. The zero-order valence-electron chi connectivity index (χ0n) is 17.4. The number of carbonyl (C=O) groups is 2. The molecule has 158 valence electrons. The third kappa shape index (κ3) is 5.42. The molecule has 29 heavy (non-hydrogen) atoms. The lowest BCUT2D eigenvalue weighted by Crippen LogP contribution is -2.36. The zero-order chi connectivity index (χ0) is 21.9. The fraction of sp³-hybridized carbons (Fsp3) is 0.421. The molecule has 0 aliphatic rings. The number of ether oxygens (including phenoxy) is 1. The summed E-state index contributed by atoms with van der Waals surface area (Å²) < 4.78 is 33.5. The maximum absolute atomic E-state index is 12.3. The molecule has 2 aromatic rings. The summed E-state index contributed by atoms with van der Waals surface area (Å²) in [6.07, 6.45) is -1.10. The van der Waals surface area contributed by atoms with Crippen LogP contribution in [0.15, 0.2) is 23.1 Å². The average molecular weight is 423 g/mol. The van der Waals surface area contributed by atoms with Crippen molar-refractivity contribution < 1.29 is 22.7 Å². The summed E-state index contributed by atoms with van der Waals surface area (Å²) in [5.74, 6) is -1.39. The maximum atomic E-state index is 12.3. The van der Waals surface area contributed by atoms with Gasteiger partial charge in [0.1, 0.15) is 6.54 Å². The number of hydrogen-bond donors (Lipinski definition) is 2. The minimum absolute atomic E-state index is 0.0571. The molecule has 2 N–H and O–H groups in total. The highest BCUT2D eigenvalue weighted by Gasteiger charge is 2.22. The van der Waals surface area contributed by atoms with E-state index in [1.807, 2.05) is 6.92 Å². The number of amides is 1. The molecule has 1 aromatic heterocycles. The molecule has 0 aliphatic heterocycles. The number of aryl methyl sites for hydroxylation is 4. The predicted molar refractivity (Wildman–Crippen MR) is 108 cm³/mol. The number of nitrogens with zero attached hydrogens (tertiary/aromatic N) is 2. The van der Waals surface area contributed by atoms with E-state index in [1.165, 1.54) is 19.1 Å². The van der Waals surface area contributed by atoms with Crippen molar-refractivity contribution in [3.63, 3.8) is 0 Å². The lowest BCUT2D eigenvalue weighted by atomic mass is 10.1. The van der Waals surface area contributed by atoms with Crippen LogP contribution in [0.5, 0.6) is 0 Å². The topological polar surface area (TPSA) is 119 Å².